The van der Waals surface area contributed by atoms with Gasteiger partial charge in [-0.05, 0) is 11.8 Å². The molecule has 15 heavy (non-hydrogen) atoms. The number of nitrogens with one attached hydrogen (secondary N) is 1. The summed E-state index contributed by atoms with van der Waals surface area (Å²) in [5.74, 6) is -1.31. The van der Waals surface area contributed by atoms with Gasteiger partial charge in [-0.2, -0.15) is 0 Å². The van der Waals surface area contributed by atoms with Gasteiger partial charge in [-0.15, -0.1) is 0 Å². The lowest BCUT2D eigenvalue weighted by Gasteiger charge is -2.36. The molecule has 0 spiro atoms. The zero-order chi connectivity index (χ0) is 11.8. The predicted molar refractivity (Wildman–Crippen MR) is 55.6 cm³/mol. The Kier molecular flexibility index (Phi) is 2.86. The molecule has 1 aliphatic rings. The molecule has 0 aromatic heterocycles. The molecule has 0 saturated heterocycles. The van der Waals surface area contributed by atoms with E-state index < -0.39 is 17.8 Å². The van der Waals surface area contributed by atoms with Gasteiger partial charge in [-0.25, -0.2) is 4.79 Å². The first-order valence-electron chi connectivity index (χ1n) is 4.73. The number of aliphatic carboxylic acids is 1. The highest BCUT2D eigenvalue weighted by atomic mass is 16.4. The Morgan fingerprint density at radius 2 is 2.13 bits per heavy atom. The van der Waals surface area contributed by atoms with Crippen LogP contribution in [0.15, 0.2) is 11.3 Å². The van der Waals surface area contributed by atoms with Crippen LogP contribution in [0, 0.1) is 10.8 Å². The smallest absolute Gasteiger partial charge is 0.354 e. The molecule has 0 aromatic rings. The number of aliphatic hydroxyl groups excluding tert-OH is 1. The third-order valence-electron chi connectivity index (χ3n) is 2.85. The second-order valence-corrected chi connectivity index (χ2v) is 4.57. The maximum absolute atomic E-state index is 10.6. The molecule has 5 heteroatoms. The molecule has 1 unspecified atom stereocenters. The number of carbonyl (C=O) groups is 1. The first kappa shape index (κ1) is 11.7. The van der Waals surface area contributed by atoms with Crippen LogP contribution in [-0.2, 0) is 4.79 Å². The van der Waals surface area contributed by atoms with E-state index in [9.17, 15) is 9.90 Å². The van der Waals surface area contributed by atoms with Gasteiger partial charge in [-0.3, -0.25) is 5.41 Å². The Balaban J connectivity index is 3.02. The van der Waals surface area contributed by atoms with E-state index in [4.69, 9.17) is 16.2 Å². The Morgan fingerprint density at radius 3 is 2.60 bits per heavy atom. The van der Waals surface area contributed by atoms with E-state index in [0.29, 0.717) is 12.1 Å². The summed E-state index contributed by atoms with van der Waals surface area (Å²) in [5.41, 5.74) is 5.51. The molecular weight excluding hydrogens is 196 g/mol. The summed E-state index contributed by atoms with van der Waals surface area (Å²) < 4.78 is 0. The van der Waals surface area contributed by atoms with Crippen LogP contribution in [0.4, 0.5) is 0 Å². The van der Waals surface area contributed by atoms with Crippen molar-refractivity contribution in [3.8, 4) is 0 Å². The van der Waals surface area contributed by atoms with Crippen molar-refractivity contribution < 1.29 is 15.0 Å². The molecule has 0 aliphatic heterocycles. The molecule has 0 fully saturated rings. The van der Waals surface area contributed by atoms with Crippen molar-refractivity contribution in [2.45, 2.75) is 32.8 Å². The first-order valence-corrected chi connectivity index (χ1v) is 4.73. The number of carboxylic acid groups (broad SMARTS) is 1. The molecule has 1 atom stereocenters. The molecule has 0 aromatic carbocycles. The van der Waals surface area contributed by atoms with Gasteiger partial charge in [0.05, 0.1) is 6.10 Å². The summed E-state index contributed by atoms with van der Waals surface area (Å²) >= 11 is 0. The highest BCUT2D eigenvalue weighted by molar-refractivity contribution is 6.41. The van der Waals surface area contributed by atoms with Gasteiger partial charge in [-0.1, -0.05) is 13.8 Å². The average molecular weight is 212 g/mol. The maximum Gasteiger partial charge on any atom is 0.354 e. The third-order valence-corrected chi connectivity index (χ3v) is 2.85. The SMILES string of the molecule is CC1(C)CC(N)=C(C(=N)C(=O)O)CC1O. The lowest BCUT2D eigenvalue weighted by atomic mass is 9.73. The molecule has 0 saturated carbocycles. The van der Waals surface area contributed by atoms with Gasteiger partial charge in [0.1, 0.15) is 5.71 Å². The summed E-state index contributed by atoms with van der Waals surface area (Å²) in [6.45, 7) is 3.73. The predicted octanol–water partition coefficient (Wildman–Crippen LogP) is 0.484. The second-order valence-electron chi connectivity index (χ2n) is 4.57. The van der Waals surface area contributed by atoms with Gasteiger partial charge in [0.15, 0.2) is 0 Å². The monoisotopic (exact) mass is 212 g/mol. The zero-order valence-electron chi connectivity index (χ0n) is 8.87. The molecule has 1 rings (SSSR count). The highest BCUT2D eigenvalue weighted by Crippen LogP contribution is 2.37. The maximum atomic E-state index is 10.6. The van der Waals surface area contributed by atoms with Crippen LogP contribution in [0.2, 0.25) is 0 Å². The quantitative estimate of drug-likeness (QED) is 0.499. The number of rotatable bonds is 2. The standard InChI is InChI=1S/C10H16N2O3/c1-10(2)4-6(11)5(3-7(10)13)8(12)9(14)15/h7,12-13H,3-4,11H2,1-2H3,(H,14,15). The summed E-state index contributed by atoms with van der Waals surface area (Å²) in [4.78, 5) is 10.6. The van der Waals surface area contributed by atoms with Gasteiger partial charge >= 0.3 is 5.97 Å². The Labute approximate surface area is 88.1 Å². The van der Waals surface area contributed by atoms with Crippen molar-refractivity contribution >= 4 is 11.7 Å². The lowest BCUT2D eigenvalue weighted by molar-refractivity contribution is -0.129. The van der Waals surface area contributed by atoms with Crippen LogP contribution in [0.1, 0.15) is 26.7 Å². The highest BCUT2D eigenvalue weighted by Gasteiger charge is 2.36. The topological polar surface area (TPSA) is 107 Å². The van der Waals surface area contributed by atoms with Gasteiger partial charge in [0.2, 0.25) is 0 Å². The number of nitrogens with two attached hydrogens (primary N) is 1. The summed E-state index contributed by atoms with van der Waals surface area (Å²) in [6, 6.07) is 0. The Morgan fingerprint density at radius 1 is 1.60 bits per heavy atom. The van der Waals surface area contributed by atoms with Gasteiger partial charge < -0.3 is 15.9 Å². The molecule has 0 heterocycles. The fourth-order valence-corrected chi connectivity index (χ4v) is 1.71. The van der Waals surface area contributed by atoms with Crippen LogP contribution in [0.25, 0.3) is 0 Å². The minimum absolute atomic E-state index is 0.143. The van der Waals surface area contributed by atoms with E-state index in [1.807, 2.05) is 13.8 Å². The van der Waals surface area contributed by atoms with Crippen LogP contribution in [-0.4, -0.2) is 28.0 Å². The van der Waals surface area contributed by atoms with Crippen LogP contribution in [0.5, 0.6) is 0 Å². The molecule has 0 bridgehead atoms. The van der Waals surface area contributed by atoms with E-state index in [1.54, 1.807) is 0 Å². The number of allylic oxidation sites excluding steroid dienone is 1. The van der Waals surface area contributed by atoms with E-state index in [-0.39, 0.29) is 17.4 Å². The number of hydrogen-bond donors (Lipinski definition) is 4. The van der Waals surface area contributed by atoms with Crippen LogP contribution >= 0.6 is 0 Å². The minimum Gasteiger partial charge on any atom is -0.477 e. The third kappa shape index (κ3) is 2.18. The van der Waals surface area contributed by atoms with Crippen molar-refractivity contribution in [2.75, 3.05) is 0 Å². The Bertz CT molecular complexity index is 345. The van der Waals surface area contributed by atoms with Crippen LogP contribution in [0.3, 0.4) is 0 Å². The van der Waals surface area contributed by atoms with Gasteiger partial charge in [0.25, 0.3) is 0 Å². The van der Waals surface area contributed by atoms with Crippen molar-refractivity contribution in [3.63, 3.8) is 0 Å². The molecule has 1 aliphatic carbocycles. The summed E-state index contributed by atoms with van der Waals surface area (Å²) in [6.07, 6.45) is -0.0946. The largest absolute Gasteiger partial charge is 0.477 e. The number of hydrogen-bond acceptors (Lipinski definition) is 4. The fourth-order valence-electron chi connectivity index (χ4n) is 1.71. The van der Waals surface area contributed by atoms with Crippen LogP contribution < -0.4 is 5.73 Å². The van der Waals surface area contributed by atoms with E-state index >= 15 is 0 Å². The molecule has 84 valence electrons. The van der Waals surface area contributed by atoms with E-state index in [0.717, 1.165) is 0 Å². The first-order chi connectivity index (χ1) is 6.75. The molecule has 0 radical (unpaired) electrons. The number of carboxylic acids is 1. The molecule has 5 nitrogen and oxygen atoms in total. The summed E-state index contributed by atoms with van der Waals surface area (Å²) in [7, 11) is 0. The van der Waals surface area contributed by atoms with Crippen molar-refractivity contribution in [3.05, 3.63) is 11.3 Å². The Hall–Kier alpha value is -1.36. The minimum atomic E-state index is -1.31. The van der Waals surface area contributed by atoms with Crippen molar-refractivity contribution in [2.24, 2.45) is 11.1 Å². The van der Waals surface area contributed by atoms with Gasteiger partial charge in [0, 0.05) is 17.7 Å². The van der Waals surface area contributed by atoms with Crippen molar-refractivity contribution in [1.29, 1.82) is 5.41 Å². The lowest BCUT2D eigenvalue weighted by Crippen LogP contribution is -2.38. The second kappa shape index (κ2) is 3.66. The summed E-state index contributed by atoms with van der Waals surface area (Å²) in [5, 5.41) is 25.8. The molecular formula is C10H16N2O3. The fraction of sp³-hybridized carbons (Fsp3) is 0.600. The molecule has 5 N–H and O–H groups in total. The average Bonchev–Trinajstić information content (AvgIpc) is 2.09. The van der Waals surface area contributed by atoms with Crippen molar-refractivity contribution in [1.82, 2.24) is 0 Å². The normalized spacial score (nSPS) is 25.1. The van der Waals surface area contributed by atoms with E-state index in [2.05, 4.69) is 0 Å². The van der Waals surface area contributed by atoms with E-state index in [1.165, 1.54) is 0 Å². The number of aliphatic hydroxyl groups is 1. The molecule has 0 amide bonds. The zero-order valence-corrected chi connectivity index (χ0v) is 8.87.